The van der Waals surface area contributed by atoms with E-state index in [-0.39, 0.29) is 24.4 Å². The largest absolute Gasteiger partial charge is 0.340 e. The highest BCUT2D eigenvalue weighted by molar-refractivity contribution is 8.00. The van der Waals surface area contributed by atoms with Gasteiger partial charge in [-0.25, -0.2) is 0 Å². The smallest absolute Gasteiger partial charge is 0.232 e. The summed E-state index contributed by atoms with van der Waals surface area (Å²) in [6.45, 7) is 1.54. The third-order valence-electron chi connectivity index (χ3n) is 2.99. The molecule has 0 spiro atoms. The molecule has 0 bridgehead atoms. The number of halogens is 2. The topological polar surface area (TPSA) is 46.3 Å². The lowest BCUT2D eigenvalue weighted by molar-refractivity contribution is -0.129. The Labute approximate surface area is 129 Å². The fourth-order valence-corrected chi connectivity index (χ4v) is 2.93. The van der Waals surface area contributed by atoms with Gasteiger partial charge in [0.05, 0.1) is 5.75 Å². The molecule has 1 saturated heterocycles. The summed E-state index contributed by atoms with van der Waals surface area (Å²) in [7, 11) is 0. The molecule has 1 amide bonds. The first-order valence-corrected chi connectivity index (χ1v) is 7.43. The average Bonchev–Trinajstić information content (AvgIpc) is 2.38. The van der Waals surface area contributed by atoms with Crippen molar-refractivity contribution in [3.8, 4) is 0 Å². The number of carbonyl (C=O) groups excluding carboxylic acids is 1. The van der Waals surface area contributed by atoms with Crippen molar-refractivity contribution < 1.29 is 4.79 Å². The van der Waals surface area contributed by atoms with Crippen LogP contribution in [0.2, 0.25) is 5.02 Å². The molecule has 1 aromatic rings. The maximum absolute atomic E-state index is 12.0. The SMILES string of the molecule is Cl.NC1CCCN(C(=O)CSc2ccc(Cl)cc2)C1. The molecule has 1 aliphatic rings. The molecule has 6 heteroatoms. The van der Waals surface area contributed by atoms with Crippen LogP contribution in [0.4, 0.5) is 0 Å². The van der Waals surface area contributed by atoms with Gasteiger partial charge in [0, 0.05) is 29.0 Å². The molecular weight excluding hydrogens is 303 g/mol. The zero-order valence-corrected chi connectivity index (χ0v) is 12.9. The van der Waals surface area contributed by atoms with Crippen molar-refractivity contribution in [1.82, 2.24) is 4.90 Å². The van der Waals surface area contributed by atoms with E-state index in [0.29, 0.717) is 17.3 Å². The Morgan fingerprint density at radius 2 is 2.11 bits per heavy atom. The highest BCUT2D eigenvalue weighted by Crippen LogP contribution is 2.21. The molecule has 0 radical (unpaired) electrons. The van der Waals surface area contributed by atoms with E-state index < -0.39 is 0 Å². The minimum atomic E-state index is 0. The van der Waals surface area contributed by atoms with Gasteiger partial charge in [-0.2, -0.15) is 0 Å². The minimum Gasteiger partial charge on any atom is -0.340 e. The van der Waals surface area contributed by atoms with E-state index in [4.69, 9.17) is 17.3 Å². The zero-order valence-electron chi connectivity index (χ0n) is 10.5. The molecule has 106 valence electrons. The van der Waals surface area contributed by atoms with Crippen molar-refractivity contribution in [2.75, 3.05) is 18.8 Å². The van der Waals surface area contributed by atoms with Gasteiger partial charge in [0.1, 0.15) is 0 Å². The van der Waals surface area contributed by atoms with Gasteiger partial charge < -0.3 is 10.6 Å². The summed E-state index contributed by atoms with van der Waals surface area (Å²) >= 11 is 7.36. The molecule has 19 heavy (non-hydrogen) atoms. The molecule has 1 atom stereocenters. The quantitative estimate of drug-likeness (QED) is 0.871. The summed E-state index contributed by atoms with van der Waals surface area (Å²) in [4.78, 5) is 14.9. The van der Waals surface area contributed by atoms with E-state index in [9.17, 15) is 4.79 Å². The van der Waals surface area contributed by atoms with Crippen LogP contribution < -0.4 is 5.73 Å². The molecular formula is C13H18Cl2N2OS. The Hall–Kier alpha value is -0.420. The Morgan fingerprint density at radius 3 is 2.74 bits per heavy atom. The van der Waals surface area contributed by atoms with Crippen LogP contribution in [0, 0.1) is 0 Å². The second-order valence-electron chi connectivity index (χ2n) is 4.48. The first kappa shape index (κ1) is 16.6. The Kier molecular flexibility index (Phi) is 7.00. The molecule has 1 unspecified atom stereocenters. The van der Waals surface area contributed by atoms with E-state index in [1.54, 1.807) is 11.8 Å². The lowest BCUT2D eigenvalue weighted by Crippen LogP contribution is -2.46. The van der Waals surface area contributed by atoms with Crippen LogP contribution >= 0.6 is 35.8 Å². The highest BCUT2D eigenvalue weighted by atomic mass is 35.5. The number of hydrogen-bond donors (Lipinski definition) is 1. The van der Waals surface area contributed by atoms with E-state index >= 15 is 0 Å². The first-order valence-electron chi connectivity index (χ1n) is 6.07. The van der Waals surface area contributed by atoms with Crippen molar-refractivity contribution in [3.63, 3.8) is 0 Å². The maximum atomic E-state index is 12.0. The first-order chi connectivity index (χ1) is 8.65. The number of amides is 1. The molecule has 0 aromatic heterocycles. The maximum Gasteiger partial charge on any atom is 0.232 e. The van der Waals surface area contributed by atoms with Gasteiger partial charge in [-0.15, -0.1) is 24.2 Å². The van der Waals surface area contributed by atoms with Gasteiger partial charge in [-0.3, -0.25) is 4.79 Å². The Balaban J connectivity index is 0.00000180. The van der Waals surface area contributed by atoms with Crippen molar-refractivity contribution in [2.24, 2.45) is 5.73 Å². The van der Waals surface area contributed by atoms with Crippen molar-refractivity contribution in [3.05, 3.63) is 29.3 Å². The van der Waals surface area contributed by atoms with E-state index in [2.05, 4.69) is 0 Å². The lowest BCUT2D eigenvalue weighted by Gasteiger charge is -2.30. The summed E-state index contributed by atoms with van der Waals surface area (Å²) in [6.07, 6.45) is 2.03. The lowest BCUT2D eigenvalue weighted by atomic mass is 10.1. The number of nitrogens with zero attached hydrogens (tertiary/aromatic N) is 1. The second-order valence-corrected chi connectivity index (χ2v) is 5.97. The van der Waals surface area contributed by atoms with Gasteiger partial charge >= 0.3 is 0 Å². The normalized spacial score (nSPS) is 18.8. The molecule has 1 aliphatic heterocycles. The number of carbonyl (C=O) groups is 1. The average molecular weight is 321 g/mol. The van der Waals surface area contributed by atoms with Crippen LogP contribution in [0.5, 0.6) is 0 Å². The Bertz CT molecular complexity index is 414. The number of thioether (sulfide) groups is 1. The number of nitrogens with two attached hydrogens (primary N) is 1. The van der Waals surface area contributed by atoms with Crippen LogP contribution in [0.25, 0.3) is 0 Å². The van der Waals surface area contributed by atoms with Crippen molar-refractivity contribution >= 4 is 41.7 Å². The zero-order chi connectivity index (χ0) is 13.0. The minimum absolute atomic E-state index is 0. The van der Waals surface area contributed by atoms with Gasteiger partial charge in [0.25, 0.3) is 0 Å². The van der Waals surface area contributed by atoms with Crippen LogP contribution in [0.1, 0.15) is 12.8 Å². The predicted molar refractivity (Wildman–Crippen MR) is 83.2 cm³/mol. The van der Waals surface area contributed by atoms with Crippen molar-refractivity contribution in [1.29, 1.82) is 0 Å². The second kappa shape index (κ2) is 8.00. The molecule has 1 fully saturated rings. The Morgan fingerprint density at radius 1 is 1.42 bits per heavy atom. The third kappa shape index (κ3) is 5.22. The summed E-state index contributed by atoms with van der Waals surface area (Å²) < 4.78 is 0. The molecule has 0 aliphatic carbocycles. The fraction of sp³-hybridized carbons (Fsp3) is 0.462. The number of hydrogen-bond acceptors (Lipinski definition) is 3. The number of likely N-dealkylation sites (tertiary alicyclic amines) is 1. The van der Waals surface area contributed by atoms with Gasteiger partial charge in [-0.1, -0.05) is 11.6 Å². The van der Waals surface area contributed by atoms with Crippen molar-refractivity contribution in [2.45, 2.75) is 23.8 Å². The van der Waals surface area contributed by atoms with E-state index in [1.165, 1.54) is 0 Å². The summed E-state index contributed by atoms with van der Waals surface area (Å²) in [5.74, 6) is 0.638. The molecule has 3 nitrogen and oxygen atoms in total. The van der Waals surface area contributed by atoms with Gasteiger partial charge in [0.2, 0.25) is 5.91 Å². The van der Waals surface area contributed by atoms with Gasteiger partial charge in [-0.05, 0) is 37.1 Å². The molecule has 1 aromatic carbocycles. The fourth-order valence-electron chi connectivity index (χ4n) is 2.00. The standard InChI is InChI=1S/C13H17ClN2OS.ClH/c14-10-3-5-12(6-4-10)18-9-13(17)16-7-1-2-11(15)8-16;/h3-6,11H,1-2,7-9,15H2;1H. The van der Waals surface area contributed by atoms with E-state index in [0.717, 1.165) is 24.3 Å². The van der Waals surface area contributed by atoms with Gasteiger partial charge in [0.15, 0.2) is 0 Å². The molecule has 2 N–H and O–H groups in total. The summed E-state index contributed by atoms with van der Waals surface area (Å²) in [6, 6.07) is 7.68. The number of rotatable bonds is 3. The molecule has 0 saturated carbocycles. The number of benzene rings is 1. The van der Waals surface area contributed by atoms with E-state index in [1.807, 2.05) is 29.2 Å². The number of piperidine rings is 1. The highest BCUT2D eigenvalue weighted by Gasteiger charge is 2.20. The van der Waals surface area contributed by atoms with Crippen LogP contribution in [0.3, 0.4) is 0 Å². The summed E-state index contributed by atoms with van der Waals surface area (Å²) in [5, 5.41) is 0.715. The summed E-state index contributed by atoms with van der Waals surface area (Å²) in [5.41, 5.74) is 5.87. The third-order valence-corrected chi connectivity index (χ3v) is 4.24. The van der Waals surface area contributed by atoms with Crippen LogP contribution in [-0.2, 0) is 4.79 Å². The predicted octanol–water partition coefficient (Wildman–Crippen LogP) is 2.80. The molecule has 1 heterocycles. The monoisotopic (exact) mass is 320 g/mol. The van der Waals surface area contributed by atoms with Crippen LogP contribution in [-0.4, -0.2) is 35.7 Å². The van der Waals surface area contributed by atoms with Crippen LogP contribution in [0.15, 0.2) is 29.2 Å². The molecule has 2 rings (SSSR count).